The lowest BCUT2D eigenvalue weighted by atomic mass is 9.95. The molecule has 0 radical (unpaired) electrons. The number of carbonyl (C=O) groups is 3. The first-order chi connectivity index (χ1) is 16.0. The Morgan fingerprint density at radius 1 is 0.818 bits per heavy atom. The third kappa shape index (κ3) is 7.10. The van der Waals surface area contributed by atoms with E-state index in [4.69, 9.17) is 23.7 Å². The summed E-state index contributed by atoms with van der Waals surface area (Å²) in [5.41, 5.74) is 0.856. The molecule has 1 saturated carbocycles. The van der Waals surface area contributed by atoms with Crippen LogP contribution in [0.1, 0.15) is 46.4 Å². The summed E-state index contributed by atoms with van der Waals surface area (Å²) in [7, 11) is 1.56. The molecule has 3 rings (SSSR count). The second kappa shape index (κ2) is 11.7. The lowest BCUT2D eigenvalue weighted by Crippen LogP contribution is -2.29. The van der Waals surface area contributed by atoms with Crippen LogP contribution in [0.3, 0.4) is 0 Å². The van der Waals surface area contributed by atoms with Crippen molar-refractivity contribution in [3.05, 3.63) is 72.3 Å². The smallest absolute Gasteiger partial charge is 0.338 e. The van der Waals surface area contributed by atoms with Gasteiger partial charge in [0.15, 0.2) is 0 Å². The molecule has 1 aliphatic carbocycles. The van der Waals surface area contributed by atoms with Crippen molar-refractivity contribution in [3.8, 4) is 11.5 Å². The van der Waals surface area contributed by atoms with E-state index in [1.165, 1.54) is 0 Å². The number of hydrogen-bond acceptors (Lipinski definition) is 8. The summed E-state index contributed by atoms with van der Waals surface area (Å²) >= 11 is 0. The van der Waals surface area contributed by atoms with Crippen molar-refractivity contribution in [2.24, 2.45) is 0 Å². The molecule has 33 heavy (non-hydrogen) atoms. The molecule has 174 valence electrons. The molecule has 0 unspecified atom stereocenters. The molecule has 0 aromatic heterocycles. The lowest BCUT2D eigenvalue weighted by molar-refractivity contribution is -0.144. The maximum Gasteiger partial charge on any atom is 0.338 e. The van der Waals surface area contributed by atoms with E-state index in [2.05, 4.69) is 6.58 Å². The summed E-state index contributed by atoms with van der Waals surface area (Å²) in [5, 5.41) is 0. The minimum Gasteiger partial charge on any atom is -0.497 e. The van der Waals surface area contributed by atoms with Crippen LogP contribution in [0.4, 0.5) is 0 Å². The van der Waals surface area contributed by atoms with Gasteiger partial charge in [0.25, 0.3) is 0 Å². The first kappa shape index (κ1) is 23.8. The quantitative estimate of drug-likeness (QED) is 0.242. The van der Waals surface area contributed by atoms with Crippen molar-refractivity contribution in [3.63, 3.8) is 0 Å². The van der Waals surface area contributed by atoms with Gasteiger partial charge in [0, 0.05) is 6.08 Å². The number of ether oxygens (including phenoxy) is 5. The number of benzene rings is 2. The molecule has 0 heterocycles. The third-order valence-electron chi connectivity index (χ3n) is 5.18. The van der Waals surface area contributed by atoms with E-state index in [1.807, 2.05) is 0 Å². The molecular formula is C25H26O8. The molecular weight excluding hydrogens is 428 g/mol. The van der Waals surface area contributed by atoms with E-state index >= 15 is 0 Å². The van der Waals surface area contributed by atoms with E-state index in [0.29, 0.717) is 48.3 Å². The first-order valence-corrected chi connectivity index (χ1v) is 10.6. The SMILES string of the molecule is C=CC(=O)OCOc1ccc(C(=O)OC2CCC(OC(=O)c3ccc(OC)cc3)CC2)cc1. The van der Waals surface area contributed by atoms with Crippen molar-refractivity contribution >= 4 is 17.9 Å². The van der Waals surface area contributed by atoms with Gasteiger partial charge in [-0.2, -0.15) is 0 Å². The van der Waals surface area contributed by atoms with Gasteiger partial charge in [-0.05, 0) is 74.2 Å². The summed E-state index contributed by atoms with van der Waals surface area (Å²) in [5.74, 6) is -0.272. The fourth-order valence-corrected chi connectivity index (χ4v) is 3.34. The summed E-state index contributed by atoms with van der Waals surface area (Å²) in [6.45, 7) is 3.04. The Morgan fingerprint density at radius 3 is 1.70 bits per heavy atom. The van der Waals surface area contributed by atoms with Gasteiger partial charge in [0.05, 0.1) is 18.2 Å². The molecule has 8 heteroatoms. The maximum atomic E-state index is 12.4. The van der Waals surface area contributed by atoms with Crippen LogP contribution in [-0.2, 0) is 19.0 Å². The van der Waals surface area contributed by atoms with Gasteiger partial charge in [0.1, 0.15) is 23.7 Å². The molecule has 0 spiro atoms. The largest absolute Gasteiger partial charge is 0.497 e. The van der Waals surface area contributed by atoms with Crippen LogP contribution in [0.2, 0.25) is 0 Å². The van der Waals surface area contributed by atoms with Crippen LogP contribution < -0.4 is 9.47 Å². The molecule has 1 fully saturated rings. The van der Waals surface area contributed by atoms with Crippen molar-refractivity contribution in [1.29, 1.82) is 0 Å². The number of methoxy groups -OCH3 is 1. The Bertz CT molecular complexity index is 957. The summed E-state index contributed by atoms with van der Waals surface area (Å²) in [4.78, 5) is 35.7. The van der Waals surface area contributed by atoms with E-state index in [1.54, 1.807) is 55.6 Å². The zero-order valence-electron chi connectivity index (χ0n) is 18.4. The Labute approximate surface area is 192 Å². The van der Waals surface area contributed by atoms with Crippen LogP contribution in [0.25, 0.3) is 0 Å². The highest BCUT2D eigenvalue weighted by Gasteiger charge is 2.27. The zero-order chi connectivity index (χ0) is 23.6. The van der Waals surface area contributed by atoms with Gasteiger partial charge in [-0.3, -0.25) is 0 Å². The minimum atomic E-state index is -0.583. The molecule has 2 aromatic rings. The first-order valence-electron chi connectivity index (χ1n) is 10.6. The third-order valence-corrected chi connectivity index (χ3v) is 5.18. The Morgan fingerprint density at radius 2 is 1.27 bits per heavy atom. The lowest BCUT2D eigenvalue weighted by Gasteiger charge is -2.28. The second-order valence-corrected chi connectivity index (χ2v) is 7.39. The standard InChI is InChI=1S/C25H26O8/c1-3-23(26)31-16-30-20-10-6-18(7-11-20)25(28)33-22-14-12-21(13-15-22)32-24(27)17-4-8-19(29-2)9-5-17/h3-11,21-22H,1,12-16H2,2H3. The molecule has 2 aromatic carbocycles. The Balaban J connectivity index is 1.40. The van der Waals surface area contributed by atoms with Gasteiger partial charge in [-0.1, -0.05) is 6.58 Å². The number of carbonyl (C=O) groups excluding carboxylic acids is 3. The number of esters is 3. The van der Waals surface area contributed by atoms with Gasteiger partial charge >= 0.3 is 17.9 Å². The Hall–Kier alpha value is -3.81. The van der Waals surface area contributed by atoms with E-state index < -0.39 is 11.9 Å². The molecule has 8 nitrogen and oxygen atoms in total. The Kier molecular flexibility index (Phi) is 8.46. The fourth-order valence-electron chi connectivity index (χ4n) is 3.34. The minimum absolute atomic E-state index is 0.207. The highest BCUT2D eigenvalue weighted by Crippen LogP contribution is 2.26. The average molecular weight is 454 g/mol. The normalized spacial score (nSPS) is 17.4. The summed E-state index contributed by atoms with van der Waals surface area (Å²) in [6.07, 6.45) is 3.07. The summed E-state index contributed by atoms with van der Waals surface area (Å²) < 4.78 is 26.3. The number of rotatable bonds is 9. The molecule has 0 amide bonds. The maximum absolute atomic E-state index is 12.4. The predicted octanol–water partition coefficient (Wildman–Crippen LogP) is 4.09. The predicted molar refractivity (Wildman–Crippen MR) is 118 cm³/mol. The molecule has 0 saturated heterocycles. The van der Waals surface area contributed by atoms with Crippen LogP contribution in [0.15, 0.2) is 61.2 Å². The average Bonchev–Trinajstić information content (AvgIpc) is 2.85. The molecule has 0 bridgehead atoms. The van der Waals surface area contributed by atoms with Crippen molar-refractivity contribution in [1.82, 2.24) is 0 Å². The van der Waals surface area contributed by atoms with Crippen LogP contribution in [-0.4, -0.2) is 44.0 Å². The van der Waals surface area contributed by atoms with Crippen LogP contribution in [0, 0.1) is 0 Å². The van der Waals surface area contributed by atoms with Crippen LogP contribution in [0.5, 0.6) is 11.5 Å². The van der Waals surface area contributed by atoms with Gasteiger partial charge in [0.2, 0.25) is 6.79 Å². The number of hydrogen-bond donors (Lipinski definition) is 0. The topological polar surface area (TPSA) is 97.4 Å². The second-order valence-electron chi connectivity index (χ2n) is 7.39. The fraction of sp³-hybridized carbons (Fsp3) is 0.320. The molecule has 0 atom stereocenters. The van der Waals surface area contributed by atoms with Gasteiger partial charge in [-0.25, -0.2) is 14.4 Å². The summed E-state index contributed by atoms with van der Waals surface area (Å²) in [6, 6.07) is 13.1. The molecule has 0 aliphatic heterocycles. The van der Waals surface area contributed by atoms with Gasteiger partial charge in [-0.15, -0.1) is 0 Å². The van der Waals surface area contributed by atoms with Crippen LogP contribution >= 0.6 is 0 Å². The van der Waals surface area contributed by atoms with Gasteiger partial charge < -0.3 is 23.7 Å². The highest BCUT2D eigenvalue weighted by molar-refractivity contribution is 5.90. The van der Waals surface area contributed by atoms with E-state index in [9.17, 15) is 14.4 Å². The highest BCUT2D eigenvalue weighted by atomic mass is 16.7. The van der Waals surface area contributed by atoms with Crippen molar-refractivity contribution in [2.45, 2.75) is 37.9 Å². The monoisotopic (exact) mass is 454 g/mol. The van der Waals surface area contributed by atoms with E-state index in [-0.39, 0.29) is 25.0 Å². The van der Waals surface area contributed by atoms with Crippen molar-refractivity contribution in [2.75, 3.05) is 13.9 Å². The van der Waals surface area contributed by atoms with E-state index in [0.717, 1.165) is 6.08 Å². The zero-order valence-corrected chi connectivity index (χ0v) is 18.4. The molecule has 1 aliphatic rings. The van der Waals surface area contributed by atoms with Crippen molar-refractivity contribution < 1.29 is 38.1 Å². The molecule has 0 N–H and O–H groups in total.